The number of hydrogen-bond donors (Lipinski definition) is 1. The number of rotatable bonds is 4. The molecule has 2 aliphatic rings. The van der Waals surface area contributed by atoms with Crippen molar-refractivity contribution in [3.05, 3.63) is 27.7 Å². The second kappa shape index (κ2) is 8.45. The molecule has 140 valence electrons. The van der Waals surface area contributed by atoms with Crippen LogP contribution in [0.4, 0.5) is 0 Å². The Balaban J connectivity index is 1.53. The van der Waals surface area contributed by atoms with Crippen molar-refractivity contribution in [1.82, 2.24) is 14.7 Å². The van der Waals surface area contributed by atoms with Gasteiger partial charge in [-0.3, -0.25) is 9.80 Å². The van der Waals surface area contributed by atoms with Gasteiger partial charge in [0.2, 0.25) is 0 Å². The number of piperidine rings is 1. The fraction of sp³-hybridized carbons (Fsp3) is 0.684. The van der Waals surface area contributed by atoms with E-state index in [2.05, 4.69) is 28.7 Å². The van der Waals surface area contributed by atoms with E-state index in [1.165, 1.54) is 39.0 Å². The lowest BCUT2D eigenvalue weighted by Crippen LogP contribution is -2.51. The van der Waals surface area contributed by atoms with Gasteiger partial charge in [0.25, 0.3) is 0 Å². The lowest BCUT2D eigenvalue weighted by atomic mass is 9.89. The maximum atomic E-state index is 9.81. The van der Waals surface area contributed by atoms with Crippen LogP contribution in [0, 0.1) is 5.92 Å². The molecule has 0 spiro atoms. The number of aromatic hydroxyl groups is 1. The van der Waals surface area contributed by atoms with Crippen LogP contribution < -0.4 is 0 Å². The van der Waals surface area contributed by atoms with Crippen molar-refractivity contribution in [3.8, 4) is 5.75 Å². The zero-order valence-corrected chi connectivity index (χ0v) is 16.7. The van der Waals surface area contributed by atoms with Gasteiger partial charge in [-0.05, 0) is 58.0 Å². The van der Waals surface area contributed by atoms with Gasteiger partial charge in [0, 0.05) is 49.4 Å². The minimum Gasteiger partial charge on any atom is -0.506 e. The van der Waals surface area contributed by atoms with Crippen LogP contribution in [0.5, 0.6) is 5.75 Å². The average Bonchev–Trinajstić information content (AvgIpc) is 2.62. The Morgan fingerprint density at radius 3 is 2.36 bits per heavy atom. The number of phenolic OH excluding ortho intramolecular Hbond substituents is 1. The minimum atomic E-state index is 0.111. The van der Waals surface area contributed by atoms with E-state index in [1.54, 1.807) is 12.1 Å². The van der Waals surface area contributed by atoms with E-state index in [-0.39, 0.29) is 5.75 Å². The number of nitrogens with zero attached hydrogens (tertiary/aromatic N) is 3. The summed E-state index contributed by atoms with van der Waals surface area (Å²) in [5, 5.41) is 10.8. The molecule has 2 aliphatic heterocycles. The first-order chi connectivity index (χ1) is 12.0. The molecule has 1 unspecified atom stereocenters. The van der Waals surface area contributed by atoms with Crippen LogP contribution in [0.1, 0.15) is 25.3 Å². The van der Waals surface area contributed by atoms with Gasteiger partial charge in [-0.2, -0.15) is 0 Å². The largest absolute Gasteiger partial charge is 0.506 e. The molecule has 25 heavy (non-hydrogen) atoms. The maximum Gasteiger partial charge on any atom is 0.134 e. The highest BCUT2D eigenvalue weighted by Crippen LogP contribution is 2.34. The number of likely N-dealkylation sites (N-methyl/N-ethyl adjacent to an activating group) is 1. The summed E-state index contributed by atoms with van der Waals surface area (Å²) in [4.78, 5) is 7.47. The van der Waals surface area contributed by atoms with Crippen LogP contribution in [0.15, 0.2) is 12.1 Å². The van der Waals surface area contributed by atoms with E-state index >= 15 is 0 Å². The predicted octanol–water partition coefficient (Wildman–Crippen LogP) is 3.55. The van der Waals surface area contributed by atoms with Crippen molar-refractivity contribution in [3.63, 3.8) is 0 Å². The molecule has 1 aromatic carbocycles. The monoisotopic (exact) mass is 385 g/mol. The SMILES string of the molecule is CC(C1CCN(Cc2c(Cl)ccc(O)c2Cl)CC1)N1CCN(C)CC1. The number of hydrogen-bond acceptors (Lipinski definition) is 4. The normalized spacial score (nSPS) is 23.0. The van der Waals surface area contributed by atoms with Gasteiger partial charge in [0.15, 0.2) is 0 Å². The van der Waals surface area contributed by atoms with E-state index in [4.69, 9.17) is 23.2 Å². The fourth-order valence-corrected chi connectivity index (χ4v) is 4.56. The molecule has 2 heterocycles. The highest BCUT2D eigenvalue weighted by Gasteiger charge is 2.29. The van der Waals surface area contributed by atoms with Crippen molar-refractivity contribution in [2.24, 2.45) is 5.92 Å². The zero-order chi connectivity index (χ0) is 18.0. The molecular formula is C19H29Cl2N3O. The van der Waals surface area contributed by atoms with Crippen molar-refractivity contribution in [2.45, 2.75) is 32.4 Å². The number of phenols is 1. The van der Waals surface area contributed by atoms with Gasteiger partial charge in [0.1, 0.15) is 5.75 Å². The highest BCUT2D eigenvalue weighted by molar-refractivity contribution is 6.36. The molecular weight excluding hydrogens is 357 g/mol. The summed E-state index contributed by atoms with van der Waals surface area (Å²) in [7, 11) is 2.21. The Morgan fingerprint density at radius 2 is 1.72 bits per heavy atom. The van der Waals surface area contributed by atoms with Gasteiger partial charge in [-0.1, -0.05) is 23.2 Å². The van der Waals surface area contributed by atoms with E-state index in [0.717, 1.165) is 24.6 Å². The Kier molecular flexibility index (Phi) is 6.50. The van der Waals surface area contributed by atoms with Crippen LogP contribution in [-0.4, -0.2) is 72.2 Å². The molecule has 6 heteroatoms. The summed E-state index contributed by atoms with van der Waals surface area (Å²) in [6, 6.07) is 3.93. The lowest BCUT2D eigenvalue weighted by Gasteiger charge is -2.42. The second-order valence-corrected chi connectivity index (χ2v) is 8.34. The fourth-order valence-electron chi connectivity index (χ4n) is 4.07. The first kappa shape index (κ1) is 19.2. The first-order valence-corrected chi connectivity index (χ1v) is 10.0. The minimum absolute atomic E-state index is 0.111. The highest BCUT2D eigenvalue weighted by atomic mass is 35.5. The molecule has 2 fully saturated rings. The molecule has 4 nitrogen and oxygen atoms in total. The molecule has 0 amide bonds. The van der Waals surface area contributed by atoms with Crippen molar-refractivity contribution >= 4 is 23.2 Å². The summed E-state index contributed by atoms with van der Waals surface area (Å²) >= 11 is 12.5. The van der Waals surface area contributed by atoms with Crippen molar-refractivity contribution < 1.29 is 5.11 Å². The van der Waals surface area contributed by atoms with Crippen LogP contribution in [-0.2, 0) is 6.54 Å². The second-order valence-electron chi connectivity index (χ2n) is 7.55. The summed E-state index contributed by atoms with van der Waals surface area (Å²) < 4.78 is 0. The molecule has 3 rings (SSSR count). The predicted molar refractivity (Wildman–Crippen MR) is 105 cm³/mol. The van der Waals surface area contributed by atoms with Crippen LogP contribution >= 0.6 is 23.2 Å². The molecule has 0 radical (unpaired) electrons. The Morgan fingerprint density at radius 1 is 1.08 bits per heavy atom. The van der Waals surface area contributed by atoms with Gasteiger partial charge < -0.3 is 10.0 Å². The maximum absolute atomic E-state index is 9.81. The molecule has 0 aromatic heterocycles. The van der Waals surface area contributed by atoms with Gasteiger partial charge >= 0.3 is 0 Å². The standard InChI is InChI=1S/C19H29Cl2N3O/c1-14(24-11-9-22(2)10-12-24)15-5-7-23(8-6-15)13-16-17(20)3-4-18(25)19(16)21/h3-4,14-15,25H,5-13H2,1-2H3. The average molecular weight is 386 g/mol. The van der Waals surface area contributed by atoms with E-state index < -0.39 is 0 Å². The number of likely N-dealkylation sites (tertiary alicyclic amines) is 1. The Labute approximate surface area is 161 Å². The molecule has 0 bridgehead atoms. The van der Waals surface area contributed by atoms with Gasteiger partial charge in [-0.15, -0.1) is 0 Å². The molecule has 0 saturated carbocycles. The molecule has 0 aliphatic carbocycles. The number of halogens is 2. The lowest BCUT2D eigenvalue weighted by molar-refractivity contribution is 0.0598. The van der Waals surface area contributed by atoms with Crippen LogP contribution in [0.3, 0.4) is 0 Å². The van der Waals surface area contributed by atoms with Gasteiger partial charge in [0.05, 0.1) is 5.02 Å². The molecule has 1 atom stereocenters. The molecule has 2 saturated heterocycles. The van der Waals surface area contributed by atoms with Crippen molar-refractivity contribution in [2.75, 3.05) is 46.3 Å². The van der Waals surface area contributed by atoms with Gasteiger partial charge in [-0.25, -0.2) is 0 Å². The summed E-state index contributed by atoms with van der Waals surface area (Å²) in [5.41, 5.74) is 0.842. The van der Waals surface area contributed by atoms with Crippen LogP contribution in [0.25, 0.3) is 0 Å². The topological polar surface area (TPSA) is 30.0 Å². The summed E-state index contributed by atoms with van der Waals surface area (Å²) in [6.45, 7) is 9.96. The van der Waals surface area contributed by atoms with Crippen LogP contribution in [0.2, 0.25) is 10.0 Å². The van der Waals surface area contributed by atoms with E-state index in [9.17, 15) is 5.11 Å². The third-order valence-corrected chi connectivity index (χ3v) is 6.75. The number of benzene rings is 1. The molecule has 1 aromatic rings. The third kappa shape index (κ3) is 4.61. The smallest absolute Gasteiger partial charge is 0.134 e. The van der Waals surface area contributed by atoms with E-state index in [0.29, 0.717) is 22.6 Å². The number of piperazine rings is 1. The zero-order valence-electron chi connectivity index (χ0n) is 15.2. The quantitative estimate of drug-likeness (QED) is 0.857. The first-order valence-electron chi connectivity index (χ1n) is 9.26. The van der Waals surface area contributed by atoms with Crippen molar-refractivity contribution in [1.29, 1.82) is 0 Å². The molecule has 1 N–H and O–H groups in total. The third-order valence-electron chi connectivity index (χ3n) is 5.98. The Bertz CT molecular complexity index is 582. The summed E-state index contributed by atoms with van der Waals surface area (Å²) in [5.74, 6) is 0.870. The van der Waals surface area contributed by atoms with E-state index in [1.807, 2.05) is 0 Å². The Hall–Kier alpha value is -0.520. The summed E-state index contributed by atoms with van der Waals surface area (Å²) in [6.07, 6.45) is 2.42.